The molecule has 8 atom stereocenters. The van der Waals surface area contributed by atoms with Crippen molar-refractivity contribution < 1.29 is 46.9 Å². The van der Waals surface area contributed by atoms with Crippen molar-refractivity contribution in [1.29, 1.82) is 0 Å². The number of H-pyrrole nitrogens is 1. The minimum Gasteiger partial charge on any atom is -0.453 e. The highest BCUT2D eigenvalue weighted by molar-refractivity contribution is 5.93. The van der Waals surface area contributed by atoms with E-state index in [1.165, 1.54) is 23.8 Å². The third-order valence-electron chi connectivity index (χ3n) is 16.0. The molecule has 2 bridgehead atoms. The number of piperidine rings is 1. The zero-order valence-corrected chi connectivity index (χ0v) is 42.8. The van der Waals surface area contributed by atoms with Crippen molar-refractivity contribution >= 4 is 35.0 Å². The van der Waals surface area contributed by atoms with Gasteiger partial charge in [0.1, 0.15) is 23.3 Å². The number of nitrogens with one attached hydrogen (secondary N) is 3. The Labute approximate surface area is 422 Å². The SMILES string of the molecule is COC(=O)NC(C(=O)N1C2CCC(C2)C1c1nc2ccc(-c3ccc4c(c3)C(F)(F)c3cc(-c5cnc(C6CC7(CC7)CN6C(=O)[C@@H](NC6OC6OC)C(C)C)[nH]5)ccc3-4)cc2n1C(=O)OC(C)(C)C)C(C)C. The number of aromatic nitrogens is 4. The number of epoxide rings is 1. The Morgan fingerprint density at radius 3 is 2.19 bits per heavy atom. The van der Waals surface area contributed by atoms with Crippen molar-refractivity contribution in [2.75, 3.05) is 20.8 Å². The summed E-state index contributed by atoms with van der Waals surface area (Å²) < 4.78 is 57.1. The van der Waals surface area contributed by atoms with Crippen molar-refractivity contribution in [2.24, 2.45) is 23.2 Å². The molecule has 3 saturated heterocycles. The Bertz CT molecular complexity index is 3050. The van der Waals surface area contributed by atoms with E-state index in [9.17, 15) is 19.2 Å². The molecule has 7 unspecified atom stereocenters. The van der Waals surface area contributed by atoms with Crippen LogP contribution in [0.5, 0.6) is 0 Å². The molecule has 5 heterocycles. The number of methoxy groups -OCH3 is 2. The Morgan fingerprint density at radius 1 is 0.877 bits per heavy atom. The number of nitrogens with zero attached hydrogens (tertiary/aromatic N) is 5. The van der Waals surface area contributed by atoms with Gasteiger partial charge in [-0.3, -0.25) is 14.9 Å². The van der Waals surface area contributed by atoms with E-state index in [-0.39, 0.29) is 70.7 Å². The number of hydrogen-bond acceptors (Lipinski definition) is 11. The van der Waals surface area contributed by atoms with E-state index in [1.54, 1.807) is 75.4 Å². The normalized spacial score (nSPS) is 24.8. The lowest BCUT2D eigenvalue weighted by molar-refractivity contribution is -0.139. The van der Waals surface area contributed by atoms with Crippen LogP contribution in [0.1, 0.15) is 122 Å². The molecule has 386 valence electrons. The molecule has 3 aliphatic heterocycles. The first-order chi connectivity index (χ1) is 34.7. The quantitative estimate of drug-likeness (QED) is 0.101. The van der Waals surface area contributed by atoms with E-state index in [4.69, 9.17) is 28.9 Å². The van der Waals surface area contributed by atoms with E-state index in [0.29, 0.717) is 69.2 Å². The zero-order chi connectivity index (χ0) is 51.6. The van der Waals surface area contributed by atoms with Gasteiger partial charge in [0.15, 0.2) is 12.5 Å². The molecule has 16 nitrogen and oxygen atoms in total. The molecule has 3 amide bonds. The number of carbonyl (C=O) groups excluding carboxylic acids is 4. The Morgan fingerprint density at radius 2 is 1.55 bits per heavy atom. The fourth-order valence-corrected chi connectivity index (χ4v) is 12.1. The Balaban J connectivity index is 0.890. The second kappa shape index (κ2) is 17.7. The van der Waals surface area contributed by atoms with Crippen molar-refractivity contribution in [2.45, 2.75) is 141 Å². The average molecular weight is 1000 g/mol. The topological polar surface area (TPSA) is 186 Å². The fourth-order valence-electron chi connectivity index (χ4n) is 12.1. The smallest absolute Gasteiger partial charge is 0.420 e. The van der Waals surface area contributed by atoms with Crippen LogP contribution < -0.4 is 10.6 Å². The summed E-state index contributed by atoms with van der Waals surface area (Å²) >= 11 is 0. The Kier molecular flexibility index (Phi) is 11.9. The van der Waals surface area contributed by atoms with Crippen LogP contribution in [0.3, 0.4) is 0 Å². The molecular weight excluding hydrogens is 939 g/mol. The molecular formula is C55H64F2N8O8. The molecule has 73 heavy (non-hydrogen) atoms. The number of alkyl carbamates (subject to hydrolysis) is 1. The van der Waals surface area contributed by atoms with Gasteiger partial charge in [-0.25, -0.2) is 24.1 Å². The van der Waals surface area contributed by atoms with Crippen LogP contribution in [-0.2, 0) is 34.5 Å². The van der Waals surface area contributed by atoms with Crippen LogP contribution in [-0.4, -0.2) is 110 Å². The van der Waals surface area contributed by atoms with Crippen molar-refractivity contribution in [3.8, 4) is 33.5 Å². The van der Waals surface area contributed by atoms with Crippen molar-refractivity contribution in [3.05, 3.63) is 83.6 Å². The maximum absolute atomic E-state index is 17.0. The van der Waals surface area contributed by atoms with Crippen LogP contribution in [0.15, 0.2) is 60.8 Å². The van der Waals surface area contributed by atoms with Crippen LogP contribution >= 0.6 is 0 Å². The number of halogens is 2. The number of carbonyl (C=O) groups is 4. The van der Waals surface area contributed by atoms with Gasteiger partial charge in [-0.05, 0) is 129 Å². The summed E-state index contributed by atoms with van der Waals surface area (Å²) in [7, 11) is 2.82. The molecule has 5 aromatic rings. The van der Waals surface area contributed by atoms with E-state index in [0.717, 1.165) is 32.1 Å². The molecule has 3 N–H and O–H groups in total. The van der Waals surface area contributed by atoms with Crippen molar-refractivity contribution in [1.82, 2.24) is 40.0 Å². The summed E-state index contributed by atoms with van der Waals surface area (Å²) in [6.07, 6.45) is 4.68. The minimum atomic E-state index is -3.36. The van der Waals surface area contributed by atoms with E-state index in [2.05, 4.69) is 15.6 Å². The summed E-state index contributed by atoms with van der Waals surface area (Å²) in [4.78, 5) is 72.5. The molecule has 0 radical (unpaired) electrons. The maximum atomic E-state index is 17.0. The van der Waals surface area contributed by atoms with Gasteiger partial charge >= 0.3 is 12.2 Å². The van der Waals surface area contributed by atoms with Gasteiger partial charge in [0, 0.05) is 36.4 Å². The number of amides is 3. The predicted molar refractivity (Wildman–Crippen MR) is 266 cm³/mol. The van der Waals surface area contributed by atoms with Crippen molar-refractivity contribution in [3.63, 3.8) is 0 Å². The summed E-state index contributed by atoms with van der Waals surface area (Å²) in [5.41, 5.74) is 2.85. The van der Waals surface area contributed by atoms with Crippen LogP contribution in [0, 0.1) is 23.2 Å². The predicted octanol–water partition coefficient (Wildman–Crippen LogP) is 9.43. The lowest BCUT2D eigenvalue weighted by Gasteiger charge is -2.38. The first kappa shape index (κ1) is 49.0. The first-order valence-corrected chi connectivity index (χ1v) is 25.6. The highest BCUT2D eigenvalue weighted by Crippen LogP contribution is 2.59. The summed E-state index contributed by atoms with van der Waals surface area (Å²) in [5.74, 6) is -2.98. The largest absolute Gasteiger partial charge is 0.453 e. The van der Waals surface area contributed by atoms with Gasteiger partial charge in [0.05, 0.1) is 48.2 Å². The third kappa shape index (κ3) is 8.56. The monoisotopic (exact) mass is 1000 g/mol. The Hall–Kier alpha value is -6.24. The van der Waals surface area contributed by atoms with Crippen LogP contribution in [0.25, 0.3) is 44.5 Å². The molecule has 3 aromatic carbocycles. The first-order valence-electron chi connectivity index (χ1n) is 25.6. The molecule has 1 spiro atoms. The molecule has 6 aliphatic rings. The highest BCUT2D eigenvalue weighted by Gasteiger charge is 2.56. The molecule has 2 aromatic heterocycles. The van der Waals surface area contributed by atoms with E-state index in [1.807, 2.05) is 38.7 Å². The average Bonchev–Trinajstić information content (AvgIpc) is 3.76. The number of likely N-dealkylation sites (tertiary alicyclic amines) is 2. The number of aromatic amines is 1. The van der Waals surface area contributed by atoms with Gasteiger partial charge in [0.25, 0.3) is 5.92 Å². The fraction of sp³-hybridized carbons (Fsp3) is 0.527. The number of benzene rings is 3. The zero-order valence-electron chi connectivity index (χ0n) is 42.8. The minimum absolute atomic E-state index is 0.00421. The summed E-state index contributed by atoms with van der Waals surface area (Å²) in [6.45, 7) is 13.7. The highest BCUT2D eigenvalue weighted by atomic mass is 19.3. The van der Waals surface area contributed by atoms with E-state index < -0.39 is 41.8 Å². The second-order valence-electron chi connectivity index (χ2n) is 22.8. The summed E-state index contributed by atoms with van der Waals surface area (Å²) in [6, 6.07) is 13.1. The molecule has 18 heteroatoms. The van der Waals surface area contributed by atoms with Gasteiger partial charge in [-0.1, -0.05) is 58.0 Å². The third-order valence-corrected chi connectivity index (χ3v) is 16.0. The lowest BCUT2D eigenvalue weighted by Crippen LogP contribution is -2.54. The number of imidazole rings is 2. The molecule has 3 aliphatic carbocycles. The lowest BCUT2D eigenvalue weighted by atomic mass is 9.95. The number of hydrogen-bond donors (Lipinski definition) is 3. The number of rotatable bonds is 12. The van der Waals surface area contributed by atoms with Gasteiger partial charge in [-0.2, -0.15) is 8.78 Å². The van der Waals surface area contributed by atoms with Crippen LogP contribution in [0.4, 0.5) is 18.4 Å². The molecule has 5 fully saturated rings. The van der Waals surface area contributed by atoms with E-state index >= 15 is 8.78 Å². The molecule has 11 rings (SSSR count). The number of ether oxygens (including phenoxy) is 4. The summed E-state index contributed by atoms with van der Waals surface area (Å²) in [5, 5.41) is 6.06. The standard InChI is InChI=1S/C55H64F2N8O8/c1-27(2)42(61-47-50(70-8)72-47)48(66)63-26-54(18-19-54)24-41(63)45-58-25-39(59-45)31-12-16-35-34-15-11-29(21-36(34)55(56,57)37(35)22-31)30-13-17-38-40(23-30)65(52(69)73-53(5,6)7)46(60-38)44-32-10-14-33(20-32)64(44)49(67)43(28(3)4)62-51(68)71-9/h11-13,15-17,21-23,25,27-28,32-33,41-44,47,50,61H,10,14,18-20,24,26H2,1-9H3,(H,58,59)(H,62,68)/t32?,33?,41?,42-,43?,44?,47?,50?/m0/s1. The molecule has 2 saturated carbocycles. The number of fused-ring (bicyclic) bond motifs is 6. The van der Waals surface area contributed by atoms with Gasteiger partial charge < -0.3 is 39.0 Å². The van der Waals surface area contributed by atoms with Crippen LogP contribution in [0.2, 0.25) is 0 Å². The van der Waals surface area contributed by atoms with Gasteiger partial charge in [-0.15, -0.1) is 0 Å². The second-order valence-corrected chi connectivity index (χ2v) is 22.8. The van der Waals surface area contributed by atoms with Gasteiger partial charge in [0.2, 0.25) is 11.8 Å². The maximum Gasteiger partial charge on any atom is 0.420 e. The number of alkyl halides is 2.